The van der Waals surface area contributed by atoms with E-state index in [2.05, 4.69) is 4.90 Å². The number of carbonyl (C=O) groups is 1. The minimum Gasteiger partial charge on any atom is -0.484 e. The van der Waals surface area contributed by atoms with Gasteiger partial charge in [-0.3, -0.25) is 9.69 Å². The molecule has 1 aromatic heterocycles. The number of amides is 1. The summed E-state index contributed by atoms with van der Waals surface area (Å²) < 4.78 is 23.4. The van der Waals surface area contributed by atoms with E-state index in [-0.39, 0.29) is 18.3 Å². The van der Waals surface area contributed by atoms with E-state index in [4.69, 9.17) is 9.15 Å². The van der Waals surface area contributed by atoms with Crippen LogP contribution in [-0.4, -0.2) is 60.1 Å². The highest BCUT2D eigenvalue weighted by Crippen LogP contribution is 2.16. The number of halogens is 1. The van der Waals surface area contributed by atoms with E-state index >= 15 is 0 Å². The Hall–Kier alpha value is -2.38. The minimum atomic E-state index is -0.668. The number of benzene rings is 1. The molecule has 1 fully saturated rings. The van der Waals surface area contributed by atoms with Gasteiger partial charge in [0.2, 0.25) is 0 Å². The number of nitrogens with zero attached hydrogens (tertiary/aromatic N) is 2. The summed E-state index contributed by atoms with van der Waals surface area (Å²) in [4.78, 5) is 16.0. The van der Waals surface area contributed by atoms with Gasteiger partial charge in [0.15, 0.2) is 6.61 Å². The van der Waals surface area contributed by atoms with E-state index in [1.165, 1.54) is 30.5 Å². The van der Waals surface area contributed by atoms with E-state index in [0.717, 1.165) is 0 Å². The smallest absolute Gasteiger partial charge is 0.260 e. The number of hydrogen-bond donors (Lipinski definition) is 1. The van der Waals surface area contributed by atoms with Crippen molar-refractivity contribution in [2.75, 3.05) is 39.3 Å². The minimum absolute atomic E-state index is 0.0688. The number of aliphatic hydroxyl groups excluding tert-OH is 1. The van der Waals surface area contributed by atoms with E-state index < -0.39 is 6.10 Å². The summed E-state index contributed by atoms with van der Waals surface area (Å²) in [6.07, 6.45) is 0.870. The number of aliphatic hydroxyl groups is 1. The van der Waals surface area contributed by atoms with Crippen molar-refractivity contribution in [3.63, 3.8) is 0 Å². The van der Waals surface area contributed by atoms with Crippen molar-refractivity contribution >= 4 is 5.91 Å². The zero-order chi connectivity index (χ0) is 17.6. The molecule has 7 heteroatoms. The van der Waals surface area contributed by atoms with Crippen LogP contribution in [0.2, 0.25) is 0 Å². The molecule has 0 radical (unpaired) electrons. The predicted molar refractivity (Wildman–Crippen MR) is 88.6 cm³/mol. The van der Waals surface area contributed by atoms with Gasteiger partial charge < -0.3 is 19.2 Å². The molecule has 1 amide bonds. The summed E-state index contributed by atoms with van der Waals surface area (Å²) >= 11 is 0. The molecular formula is C18H21FN2O4. The number of β-amino-alcohol motifs (C(OH)–C–C–N with tert-alkyl or cyclic N) is 1. The molecule has 0 bridgehead atoms. The molecule has 1 aliphatic rings. The third kappa shape index (κ3) is 4.80. The van der Waals surface area contributed by atoms with Crippen molar-refractivity contribution in [1.82, 2.24) is 9.80 Å². The number of piperazine rings is 1. The average Bonchev–Trinajstić information content (AvgIpc) is 3.16. The molecule has 0 saturated carbocycles. The number of ether oxygens (including phenoxy) is 1. The number of hydrogen-bond acceptors (Lipinski definition) is 5. The van der Waals surface area contributed by atoms with Gasteiger partial charge in [0.1, 0.15) is 23.4 Å². The highest BCUT2D eigenvalue weighted by Gasteiger charge is 2.23. The Bertz CT molecular complexity index is 667. The Balaban J connectivity index is 1.40. The van der Waals surface area contributed by atoms with Crippen LogP contribution in [0.1, 0.15) is 11.9 Å². The molecule has 1 atom stereocenters. The standard InChI is InChI=1S/C18H21FN2O4/c19-14-3-5-15(6-4-14)25-13-18(23)21-9-7-20(8-10-21)12-16(22)17-2-1-11-24-17/h1-6,11,16,22H,7-10,12-13H2. The normalized spacial score (nSPS) is 16.6. The summed E-state index contributed by atoms with van der Waals surface area (Å²) in [5.41, 5.74) is 0. The van der Waals surface area contributed by atoms with Crippen LogP contribution >= 0.6 is 0 Å². The number of rotatable bonds is 6. The van der Waals surface area contributed by atoms with Crippen LogP contribution in [-0.2, 0) is 4.79 Å². The Morgan fingerprint density at radius 3 is 2.56 bits per heavy atom. The van der Waals surface area contributed by atoms with Crippen LogP contribution in [0, 0.1) is 5.82 Å². The van der Waals surface area contributed by atoms with Gasteiger partial charge in [-0.15, -0.1) is 0 Å². The summed E-state index contributed by atoms with van der Waals surface area (Å²) in [6.45, 7) is 2.93. The predicted octanol–water partition coefficient (Wildman–Crippen LogP) is 1.68. The fraction of sp³-hybridized carbons (Fsp3) is 0.389. The van der Waals surface area contributed by atoms with Crippen LogP contribution in [0.4, 0.5) is 4.39 Å². The zero-order valence-corrected chi connectivity index (χ0v) is 13.8. The lowest BCUT2D eigenvalue weighted by Gasteiger charge is -2.35. The van der Waals surface area contributed by atoms with Crippen LogP contribution in [0.3, 0.4) is 0 Å². The Kier molecular flexibility index (Phi) is 5.67. The van der Waals surface area contributed by atoms with Crippen molar-refractivity contribution < 1.29 is 23.4 Å². The van der Waals surface area contributed by atoms with Crippen molar-refractivity contribution in [1.29, 1.82) is 0 Å². The summed E-state index contributed by atoms with van der Waals surface area (Å²) in [6, 6.07) is 9.08. The first-order valence-corrected chi connectivity index (χ1v) is 8.22. The lowest BCUT2D eigenvalue weighted by molar-refractivity contribution is -0.135. The lowest BCUT2D eigenvalue weighted by Crippen LogP contribution is -2.50. The van der Waals surface area contributed by atoms with Gasteiger partial charge in [-0.05, 0) is 36.4 Å². The van der Waals surface area contributed by atoms with Crippen LogP contribution in [0.25, 0.3) is 0 Å². The first-order chi connectivity index (χ1) is 12.1. The Morgan fingerprint density at radius 1 is 1.20 bits per heavy atom. The van der Waals surface area contributed by atoms with Gasteiger partial charge in [-0.25, -0.2) is 4.39 Å². The molecule has 25 heavy (non-hydrogen) atoms. The zero-order valence-electron chi connectivity index (χ0n) is 13.8. The van der Waals surface area contributed by atoms with Gasteiger partial charge in [-0.2, -0.15) is 0 Å². The van der Waals surface area contributed by atoms with E-state index in [1.807, 2.05) is 0 Å². The second-order valence-corrected chi connectivity index (χ2v) is 5.96. The molecule has 1 saturated heterocycles. The maximum absolute atomic E-state index is 12.8. The number of carbonyl (C=O) groups excluding carboxylic acids is 1. The van der Waals surface area contributed by atoms with Gasteiger partial charge >= 0.3 is 0 Å². The molecule has 1 aliphatic heterocycles. The van der Waals surface area contributed by atoms with Gasteiger partial charge in [-0.1, -0.05) is 0 Å². The van der Waals surface area contributed by atoms with Crippen molar-refractivity contribution in [3.8, 4) is 5.75 Å². The molecule has 6 nitrogen and oxygen atoms in total. The summed E-state index contributed by atoms with van der Waals surface area (Å²) in [7, 11) is 0. The third-order valence-corrected chi connectivity index (χ3v) is 4.20. The van der Waals surface area contributed by atoms with Crippen LogP contribution < -0.4 is 4.74 Å². The lowest BCUT2D eigenvalue weighted by atomic mass is 10.2. The fourth-order valence-electron chi connectivity index (χ4n) is 2.76. The highest BCUT2D eigenvalue weighted by atomic mass is 19.1. The molecular weight excluding hydrogens is 327 g/mol. The molecule has 1 aromatic carbocycles. The Labute approximate surface area is 145 Å². The molecule has 0 aliphatic carbocycles. The highest BCUT2D eigenvalue weighted by molar-refractivity contribution is 5.77. The third-order valence-electron chi connectivity index (χ3n) is 4.20. The van der Waals surface area contributed by atoms with Gasteiger partial charge in [0.05, 0.1) is 6.26 Å². The fourth-order valence-corrected chi connectivity index (χ4v) is 2.76. The second-order valence-electron chi connectivity index (χ2n) is 5.96. The van der Waals surface area contributed by atoms with Crippen molar-refractivity contribution in [2.24, 2.45) is 0 Å². The average molecular weight is 348 g/mol. The van der Waals surface area contributed by atoms with Crippen LogP contribution in [0.5, 0.6) is 5.75 Å². The molecule has 2 heterocycles. The van der Waals surface area contributed by atoms with Gasteiger partial charge in [0.25, 0.3) is 5.91 Å². The van der Waals surface area contributed by atoms with Crippen LogP contribution in [0.15, 0.2) is 47.1 Å². The van der Waals surface area contributed by atoms with E-state index in [0.29, 0.717) is 44.2 Å². The summed E-state index contributed by atoms with van der Waals surface area (Å²) in [5.74, 6) is 0.572. The molecule has 134 valence electrons. The maximum Gasteiger partial charge on any atom is 0.260 e. The molecule has 2 aromatic rings. The number of furan rings is 1. The molecule has 1 N–H and O–H groups in total. The molecule has 3 rings (SSSR count). The first kappa shape index (κ1) is 17.4. The second kappa shape index (κ2) is 8.13. The van der Waals surface area contributed by atoms with Crippen molar-refractivity contribution in [3.05, 3.63) is 54.2 Å². The van der Waals surface area contributed by atoms with E-state index in [9.17, 15) is 14.3 Å². The SMILES string of the molecule is O=C(COc1ccc(F)cc1)N1CCN(CC(O)c2ccco2)CC1. The first-order valence-electron chi connectivity index (χ1n) is 8.22. The van der Waals surface area contributed by atoms with Crippen molar-refractivity contribution in [2.45, 2.75) is 6.10 Å². The Morgan fingerprint density at radius 2 is 1.92 bits per heavy atom. The van der Waals surface area contributed by atoms with Gasteiger partial charge in [0, 0.05) is 32.7 Å². The molecule has 1 unspecified atom stereocenters. The monoisotopic (exact) mass is 348 g/mol. The summed E-state index contributed by atoms with van der Waals surface area (Å²) in [5, 5.41) is 10.1. The molecule has 0 spiro atoms. The quantitative estimate of drug-likeness (QED) is 0.860. The topological polar surface area (TPSA) is 66.2 Å². The van der Waals surface area contributed by atoms with E-state index in [1.54, 1.807) is 17.0 Å². The maximum atomic E-state index is 12.8. The largest absolute Gasteiger partial charge is 0.484 e.